The fourth-order valence-corrected chi connectivity index (χ4v) is 3.47. The van der Waals surface area contributed by atoms with E-state index in [4.69, 9.17) is 4.74 Å². The van der Waals surface area contributed by atoms with Crippen molar-refractivity contribution in [1.82, 2.24) is 14.5 Å². The molecule has 1 aliphatic rings. The average Bonchev–Trinajstić information content (AvgIpc) is 3.04. The van der Waals surface area contributed by atoms with Crippen molar-refractivity contribution >= 4 is 17.4 Å². The molecule has 0 aliphatic carbocycles. The van der Waals surface area contributed by atoms with Crippen molar-refractivity contribution in [3.63, 3.8) is 0 Å². The zero-order chi connectivity index (χ0) is 19.5. The Morgan fingerprint density at radius 1 is 1.07 bits per heavy atom. The van der Waals surface area contributed by atoms with Crippen LogP contribution in [0.5, 0.6) is 0 Å². The molecule has 3 aromatic heterocycles. The number of nitrogens with zero attached hydrogens (tertiary/aromatic N) is 4. The minimum atomic E-state index is -0.156. The van der Waals surface area contributed by atoms with Crippen molar-refractivity contribution in [1.29, 1.82) is 0 Å². The summed E-state index contributed by atoms with van der Waals surface area (Å²) in [4.78, 5) is 23.9. The zero-order valence-corrected chi connectivity index (χ0v) is 16.1. The van der Waals surface area contributed by atoms with Crippen LogP contribution in [0.1, 0.15) is 21.7 Å². The van der Waals surface area contributed by atoms with Crippen LogP contribution in [0.3, 0.4) is 0 Å². The third kappa shape index (κ3) is 3.61. The Bertz CT molecular complexity index is 960. The third-order valence-electron chi connectivity index (χ3n) is 4.89. The highest BCUT2D eigenvalue weighted by Gasteiger charge is 2.18. The summed E-state index contributed by atoms with van der Waals surface area (Å²) in [6.07, 6.45) is 3.44. The smallest absolute Gasteiger partial charge is 0.257 e. The fraction of sp³-hybridized carbons (Fsp3) is 0.286. The summed E-state index contributed by atoms with van der Waals surface area (Å²) in [5.41, 5.74) is 3.11. The number of aromatic nitrogens is 3. The number of anilines is 2. The van der Waals surface area contributed by atoms with E-state index in [2.05, 4.69) is 20.2 Å². The van der Waals surface area contributed by atoms with E-state index in [0.29, 0.717) is 24.5 Å². The molecule has 0 spiro atoms. The molecule has 1 aliphatic heterocycles. The molecule has 0 atom stereocenters. The van der Waals surface area contributed by atoms with Gasteiger partial charge in [0.2, 0.25) is 0 Å². The van der Waals surface area contributed by atoms with Gasteiger partial charge in [0.25, 0.3) is 5.91 Å². The standard InChI is InChI=1S/C21H23N5O2/c1-15-13-18(16(2)26(15)20-5-3-4-8-22-20)21(27)24-17-6-7-19(23-14-17)25-9-11-28-12-10-25/h3-8,13-14H,9-12H2,1-2H3,(H,24,27). The quantitative estimate of drug-likeness (QED) is 0.757. The minimum Gasteiger partial charge on any atom is -0.378 e. The van der Waals surface area contributed by atoms with E-state index >= 15 is 0 Å². The Balaban J connectivity index is 1.51. The van der Waals surface area contributed by atoms with Crippen LogP contribution in [0, 0.1) is 13.8 Å². The number of morpholine rings is 1. The molecule has 144 valence electrons. The number of nitrogens with one attached hydrogen (secondary N) is 1. The molecule has 1 amide bonds. The Morgan fingerprint density at radius 2 is 1.89 bits per heavy atom. The lowest BCUT2D eigenvalue weighted by Crippen LogP contribution is -2.36. The van der Waals surface area contributed by atoms with Crippen molar-refractivity contribution in [3.8, 4) is 5.82 Å². The van der Waals surface area contributed by atoms with Crippen molar-refractivity contribution in [2.24, 2.45) is 0 Å². The van der Waals surface area contributed by atoms with Crippen LogP contribution >= 0.6 is 0 Å². The second-order valence-corrected chi connectivity index (χ2v) is 6.77. The van der Waals surface area contributed by atoms with Gasteiger partial charge in [0, 0.05) is 30.7 Å². The molecule has 1 saturated heterocycles. The van der Waals surface area contributed by atoms with Gasteiger partial charge in [-0.3, -0.25) is 4.79 Å². The number of pyridine rings is 2. The van der Waals surface area contributed by atoms with Crippen molar-refractivity contribution in [2.75, 3.05) is 36.5 Å². The minimum absolute atomic E-state index is 0.156. The number of aryl methyl sites for hydroxylation is 1. The number of carbonyl (C=O) groups excluding carboxylic acids is 1. The van der Waals surface area contributed by atoms with Crippen molar-refractivity contribution in [2.45, 2.75) is 13.8 Å². The number of ether oxygens (including phenoxy) is 1. The van der Waals surface area contributed by atoms with Crippen LogP contribution in [-0.2, 0) is 4.74 Å². The number of hydrogen-bond donors (Lipinski definition) is 1. The fourth-order valence-electron chi connectivity index (χ4n) is 3.47. The van der Waals surface area contributed by atoms with Gasteiger partial charge in [-0.25, -0.2) is 9.97 Å². The molecule has 4 rings (SSSR count). The van der Waals surface area contributed by atoms with Gasteiger partial charge in [0.05, 0.1) is 30.7 Å². The van der Waals surface area contributed by atoms with E-state index in [1.165, 1.54) is 0 Å². The predicted octanol–water partition coefficient (Wildman–Crippen LogP) is 2.97. The molecule has 4 heterocycles. The first-order valence-electron chi connectivity index (χ1n) is 9.34. The molecule has 3 aromatic rings. The zero-order valence-electron chi connectivity index (χ0n) is 16.1. The highest BCUT2D eigenvalue weighted by atomic mass is 16.5. The van der Waals surface area contributed by atoms with Crippen LogP contribution in [0.4, 0.5) is 11.5 Å². The summed E-state index contributed by atoms with van der Waals surface area (Å²) < 4.78 is 7.35. The summed E-state index contributed by atoms with van der Waals surface area (Å²) in [7, 11) is 0. The molecule has 0 aromatic carbocycles. The topological polar surface area (TPSA) is 72.3 Å². The Kier molecular flexibility index (Phi) is 5.08. The summed E-state index contributed by atoms with van der Waals surface area (Å²) in [6.45, 7) is 6.99. The van der Waals surface area contributed by atoms with Crippen LogP contribution in [-0.4, -0.2) is 46.7 Å². The maximum Gasteiger partial charge on any atom is 0.257 e. The molecule has 1 N–H and O–H groups in total. The monoisotopic (exact) mass is 377 g/mol. The van der Waals surface area contributed by atoms with E-state index in [-0.39, 0.29) is 5.91 Å². The van der Waals surface area contributed by atoms with Gasteiger partial charge in [-0.05, 0) is 44.2 Å². The van der Waals surface area contributed by atoms with Gasteiger partial charge in [-0.1, -0.05) is 6.07 Å². The maximum atomic E-state index is 12.8. The lowest BCUT2D eigenvalue weighted by atomic mass is 10.2. The Labute approximate surface area is 164 Å². The Morgan fingerprint density at radius 3 is 2.57 bits per heavy atom. The van der Waals surface area contributed by atoms with Crippen LogP contribution in [0.2, 0.25) is 0 Å². The van der Waals surface area contributed by atoms with E-state index in [0.717, 1.165) is 36.1 Å². The van der Waals surface area contributed by atoms with E-state index in [1.807, 2.05) is 54.8 Å². The molecule has 7 heteroatoms. The first-order valence-corrected chi connectivity index (χ1v) is 9.34. The molecule has 28 heavy (non-hydrogen) atoms. The van der Waals surface area contributed by atoms with Crippen LogP contribution in [0.15, 0.2) is 48.8 Å². The maximum absolute atomic E-state index is 12.8. The van der Waals surface area contributed by atoms with Gasteiger partial charge < -0.3 is 19.5 Å². The highest BCUT2D eigenvalue weighted by molar-refractivity contribution is 6.05. The van der Waals surface area contributed by atoms with Crippen molar-refractivity contribution < 1.29 is 9.53 Å². The van der Waals surface area contributed by atoms with Crippen LogP contribution < -0.4 is 10.2 Å². The second-order valence-electron chi connectivity index (χ2n) is 6.77. The first-order chi connectivity index (χ1) is 13.6. The van der Waals surface area contributed by atoms with E-state index < -0.39 is 0 Å². The second kappa shape index (κ2) is 7.82. The number of rotatable bonds is 4. The molecule has 1 fully saturated rings. The number of amides is 1. The summed E-state index contributed by atoms with van der Waals surface area (Å²) in [6, 6.07) is 11.4. The summed E-state index contributed by atoms with van der Waals surface area (Å²) in [5, 5.41) is 2.94. The van der Waals surface area contributed by atoms with Gasteiger partial charge in [0.1, 0.15) is 11.6 Å². The first kappa shape index (κ1) is 18.2. The van der Waals surface area contributed by atoms with Gasteiger partial charge in [0.15, 0.2) is 0 Å². The van der Waals surface area contributed by atoms with Gasteiger partial charge in [-0.15, -0.1) is 0 Å². The molecule has 0 saturated carbocycles. The molecule has 0 bridgehead atoms. The SMILES string of the molecule is Cc1cc(C(=O)Nc2ccc(N3CCOCC3)nc2)c(C)n1-c1ccccn1. The molecular formula is C21H23N5O2. The largest absolute Gasteiger partial charge is 0.378 e. The van der Waals surface area contributed by atoms with E-state index in [1.54, 1.807) is 12.4 Å². The normalized spacial score (nSPS) is 14.1. The lowest BCUT2D eigenvalue weighted by Gasteiger charge is -2.27. The van der Waals surface area contributed by atoms with E-state index in [9.17, 15) is 4.79 Å². The number of hydrogen-bond acceptors (Lipinski definition) is 5. The predicted molar refractivity (Wildman–Crippen MR) is 108 cm³/mol. The van der Waals surface area contributed by atoms with Gasteiger partial charge >= 0.3 is 0 Å². The van der Waals surface area contributed by atoms with Gasteiger partial charge in [-0.2, -0.15) is 0 Å². The highest BCUT2D eigenvalue weighted by Crippen LogP contribution is 2.21. The molecular weight excluding hydrogens is 354 g/mol. The third-order valence-corrected chi connectivity index (χ3v) is 4.89. The molecule has 7 nitrogen and oxygen atoms in total. The summed E-state index contributed by atoms with van der Waals surface area (Å²) >= 11 is 0. The molecule has 0 unspecified atom stereocenters. The molecule has 0 radical (unpaired) electrons. The lowest BCUT2D eigenvalue weighted by molar-refractivity contribution is 0.102. The summed E-state index contributed by atoms with van der Waals surface area (Å²) in [5.74, 6) is 1.54. The van der Waals surface area contributed by atoms with Crippen molar-refractivity contribution in [3.05, 3.63) is 65.7 Å². The van der Waals surface area contributed by atoms with Crippen LogP contribution in [0.25, 0.3) is 5.82 Å². The number of carbonyl (C=O) groups is 1. The Hall–Kier alpha value is -3.19. The average molecular weight is 377 g/mol.